The SMILES string of the molecule is COCCCn1c(=S)[nH]c2cc(C(=O)Nc3ccc(-c4nccs4)cc3)ccc2c1=O. The predicted molar refractivity (Wildman–Crippen MR) is 125 cm³/mol. The molecule has 2 aromatic carbocycles. The molecule has 31 heavy (non-hydrogen) atoms. The number of nitrogens with zero attached hydrogens (tertiary/aromatic N) is 2. The van der Waals surface area contributed by atoms with Crippen LogP contribution < -0.4 is 10.9 Å². The molecular weight excluding hydrogens is 432 g/mol. The van der Waals surface area contributed by atoms with Crippen LogP contribution in [-0.4, -0.2) is 34.2 Å². The summed E-state index contributed by atoms with van der Waals surface area (Å²) < 4.78 is 6.88. The molecule has 0 bridgehead atoms. The van der Waals surface area contributed by atoms with Gasteiger partial charge in [-0.25, -0.2) is 4.98 Å². The van der Waals surface area contributed by atoms with E-state index in [1.165, 1.54) is 4.57 Å². The van der Waals surface area contributed by atoms with Crippen molar-refractivity contribution in [1.82, 2.24) is 14.5 Å². The van der Waals surface area contributed by atoms with Crippen molar-refractivity contribution in [2.45, 2.75) is 13.0 Å². The van der Waals surface area contributed by atoms with Gasteiger partial charge in [-0.15, -0.1) is 11.3 Å². The zero-order valence-corrected chi connectivity index (χ0v) is 18.4. The minimum atomic E-state index is -0.271. The van der Waals surface area contributed by atoms with Gasteiger partial charge in [0.2, 0.25) is 0 Å². The Morgan fingerprint density at radius 2 is 2.06 bits per heavy atom. The van der Waals surface area contributed by atoms with E-state index < -0.39 is 0 Å². The van der Waals surface area contributed by atoms with Crippen molar-refractivity contribution in [1.29, 1.82) is 0 Å². The minimum absolute atomic E-state index is 0.181. The van der Waals surface area contributed by atoms with Crippen LogP contribution in [0, 0.1) is 4.77 Å². The molecule has 1 amide bonds. The zero-order valence-electron chi connectivity index (χ0n) is 16.8. The fraction of sp³-hybridized carbons (Fsp3) is 0.182. The Hall–Kier alpha value is -3.14. The molecule has 9 heteroatoms. The number of carbonyl (C=O) groups is 1. The molecule has 0 spiro atoms. The molecule has 0 fully saturated rings. The highest BCUT2D eigenvalue weighted by Crippen LogP contribution is 2.23. The second-order valence-electron chi connectivity index (χ2n) is 6.86. The van der Waals surface area contributed by atoms with Gasteiger partial charge in [0.1, 0.15) is 5.01 Å². The normalized spacial score (nSPS) is 11.0. The van der Waals surface area contributed by atoms with E-state index in [1.807, 2.05) is 29.6 Å². The molecular formula is C22H20N4O3S2. The molecule has 0 radical (unpaired) electrons. The molecule has 0 aliphatic carbocycles. The second-order valence-corrected chi connectivity index (χ2v) is 8.14. The molecule has 0 saturated carbocycles. The van der Waals surface area contributed by atoms with Crippen LogP contribution in [0.15, 0.2) is 58.8 Å². The number of ether oxygens (including phenoxy) is 1. The topological polar surface area (TPSA) is 89.0 Å². The Balaban J connectivity index is 1.55. The largest absolute Gasteiger partial charge is 0.385 e. The van der Waals surface area contributed by atoms with Crippen molar-refractivity contribution in [3.8, 4) is 10.6 Å². The highest BCUT2D eigenvalue weighted by molar-refractivity contribution is 7.71. The molecule has 0 aliphatic rings. The molecule has 158 valence electrons. The quantitative estimate of drug-likeness (QED) is 0.319. The fourth-order valence-corrected chi connectivity index (χ4v) is 4.16. The predicted octanol–water partition coefficient (Wildman–Crippen LogP) is 4.47. The maximum Gasteiger partial charge on any atom is 0.262 e. The lowest BCUT2D eigenvalue weighted by molar-refractivity contribution is 0.102. The Morgan fingerprint density at radius 3 is 2.77 bits per heavy atom. The van der Waals surface area contributed by atoms with Gasteiger partial charge in [-0.1, -0.05) is 0 Å². The van der Waals surface area contributed by atoms with E-state index in [1.54, 1.807) is 42.8 Å². The molecule has 0 unspecified atom stereocenters. The molecule has 4 aromatic rings. The van der Waals surface area contributed by atoms with Crippen molar-refractivity contribution in [2.75, 3.05) is 19.0 Å². The standard InChI is InChI=1S/C22H20N4O3S2/c1-29-11-2-10-26-21(28)17-8-5-15(13-18(17)25-22(26)30)19(27)24-16-6-3-14(4-7-16)20-23-9-12-31-20/h3-9,12-13H,2,10-11H2,1H3,(H,24,27)(H,25,30). The number of H-pyrrole nitrogens is 1. The van der Waals surface area contributed by atoms with Crippen molar-refractivity contribution in [3.05, 3.63) is 74.7 Å². The smallest absolute Gasteiger partial charge is 0.262 e. The summed E-state index contributed by atoms with van der Waals surface area (Å²) in [6.07, 6.45) is 2.44. The Kier molecular flexibility index (Phi) is 6.36. The summed E-state index contributed by atoms with van der Waals surface area (Å²) >= 11 is 6.90. The van der Waals surface area contributed by atoms with Crippen molar-refractivity contribution in [3.63, 3.8) is 0 Å². The van der Waals surface area contributed by atoms with Gasteiger partial charge in [0, 0.05) is 48.7 Å². The first-order valence-corrected chi connectivity index (χ1v) is 10.9. The number of aromatic nitrogens is 3. The third-order valence-corrected chi connectivity index (χ3v) is 5.94. The number of methoxy groups -OCH3 is 1. The van der Waals surface area contributed by atoms with E-state index in [4.69, 9.17) is 17.0 Å². The maximum atomic E-state index is 12.8. The van der Waals surface area contributed by atoms with Crippen molar-refractivity contribution >= 4 is 46.1 Å². The molecule has 0 saturated heterocycles. The van der Waals surface area contributed by atoms with Gasteiger partial charge in [-0.05, 0) is 61.1 Å². The van der Waals surface area contributed by atoms with Crippen LogP contribution in [0.2, 0.25) is 0 Å². The van der Waals surface area contributed by atoms with Crippen LogP contribution in [0.1, 0.15) is 16.8 Å². The van der Waals surface area contributed by atoms with E-state index in [9.17, 15) is 9.59 Å². The number of fused-ring (bicyclic) bond motifs is 1. The zero-order chi connectivity index (χ0) is 21.8. The van der Waals surface area contributed by atoms with E-state index in [-0.39, 0.29) is 11.5 Å². The van der Waals surface area contributed by atoms with E-state index in [2.05, 4.69) is 15.3 Å². The lowest BCUT2D eigenvalue weighted by Crippen LogP contribution is -2.23. The third-order valence-electron chi connectivity index (χ3n) is 4.80. The number of hydrogen-bond acceptors (Lipinski definition) is 6. The number of rotatable bonds is 7. The molecule has 4 rings (SSSR count). The first-order valence-electron chi connectivity index (χ1n) is 9.64. The van der Waals surface area contributed by atoms with Gasteiger partial charge in [-0.2, -0.15) is 0 Å². The van der Waals surface area contributed by atoms with Gasteiger partial charge >= 0.3 is 0 Å². The molecule has 7 nitrogen and oxygen atoms in total. The van der Waals surface area contributed by atoms with Crippen molar-refractivity contribution < 1.29 is 9.53 Å². The lowest BCUT2D eigenvalue weighted by Gasteiger charge is -2.10. The van der Waals surface area contributed by atoms with E-state index in [0.29, 0.717) is 46.5 Å². The van der Waals surface area contributed by atoms with Gasteiger partial charge in [0.15, 0.2) is 4.77 Å². The number of amides is 1. The van der Waals surface area contributed by atoms with Crippen LogP contribution >= 0.6 is 23.6 Å². The molecule has 0 atom stereocenters. The fourth-order valence-electron chi connectivity index (χ4n) is 3.23. The van der Waals surface area contributed by atoms with Crippen molar-refractivity contribution in [2.24, 2.45) is 0 Å². The average Bonchev–Trinajstić information content (AvgIpc) is 3.31. The molecule has 2 heterocycles. The summed E-state index contributed by atoms with van der Waals surface area (Å²) in [6.45, 7) is 1.01. The monoisotopic (exact) mass is 452 g/mol. The van der Waals surface area contributed by atoms with Crippen LogP contribution in [0.5, 0.6) is 0 Å². The van der Waals surface area contributed by atoms with E-state index in [0.717, 1.165) is 10.6 Å². The van der Waals surface area contributed by atoms with Crippen LogP contribution in [0.25, 0.3) is 21.5 Å². The van der Waals surface area contributed by atoms with Gasteiger partial charge in [0.25, 0.3) is 11.5 Å². The maximum absolute atomic E-state index is 12.8. The summed E-state index contributed by atoms with van der Waals surface area (Å²) in [5.74, 6) is -0.271. The number of carbonyl (C=O) groups excluding carboxylic acids is 1. The summed E-state index contributed by atoms with van der Waals surface area (Å²) in [4.78, 5) is 32.8. The van der Waals surface area contributed by atoms with Gasteiger partial charge in [0.05, 0.1) is 10.9 Å². The third kappa shape index (κ3) is 4.63. The number of hydrogen-bond donors (Lipinski definition) is 2. The van der Waals surface area contributed by atoms with Crippen LogP contribution in [0.3, 0.4) is 0 Å². The Morgan fingerprint density at radius 1 is 1.26 bits per heavy atom. The van der Waals surface area contributed by atoms with Crippen LogP contribution in [0.4, 0.5) is 5.69 Å². The van der Waals surface area contributed by atoms with Gasteiger partial charge in [-0.3, -0.25) is 14.2 Å². The highest BCUT2D eigenvalue weighted by Gasteiger charge is 2.11. The summed E-state index contributed by atoms with van der Waals surface area (Å²) in [5, 5.41) is 6.21. The summed E-state index contributed by atoms with van der Waals surface area (Å²) in [6, 6.07) is 12.4. The van der Waals surface area contributed by atoms with Gasteiger partial charge < -0.3 is 15.0 Å². The molecule has 2 N–H and O–H groups in total. The Bertz CT molecular complexity index is 1330. The first-order chi connectivity index (χ1) is 15.1. The summed E-state index contributed by atoms with van der Waals surface area (Å²) in [7, 11) is 1.62. The number of anilines is 1. The second kappa shape index (κ2) is 9.34. The molecule has 0 aliphatic heterocycles. The first kappa shape index (κ1) is 21.1. The Labute approximate surface area is 187 Å². The molecule has 2 aromatic heterocycles. The highest BCUT2D eigenvalue weighted by atomic mass is 32.1. The average molecular weight is 453 g/mol. The number of benzene rings is 2. The lowest BCUT2D eigenvalue weighted by atomic mass is 10.1. The van der Waals surface area contributed by atoms with E-state index >= 15 is 0 Å². The number of thiazole rings is 1. The number of aromatic amines is 1. The van der Waals surface area contributed by atoms with Crippen LogP contribution in [-0.2, 0) is 11.3 Å². The minimum Gasteiger partial charge on any atom is -0.385 e. The summed E-state index contributed by atoms with van der Waals surface area (Å²) in [5.41, 5.74) is 2.45. The number of nitrogens with one attached hydrogen (secondary N) is 2.